The summed E-state index contributed by atoms with van der Waals surface area (Å²) in [4.78, 5) is 21.9. The zero-order valence-electron chi connectivity index (χ0n) is 14.4. The van der Waals surface area contributed by atoms with Crippen molar-refractivity contribution in [2.75, 3.05) is 7.11 Å². The van der Waals surface area contributed by atoms with Crippen molar-refractivity contribution in [1.82, 2.24) is 0 Å². The van der Waals surface area contributed by atoms with E-state index in [0.717, 1.165) is 38.5 Å². The lowest BCUT2D eigenvalue weighted by molar-refractivity contribution is -0.140. The molecule has 1 atom stereocenters. The van der Waals surface area contributed by atoms with Crippen molar-refractivity contribution >= 4 is 11.8 Å². The Hall–Kier alpha value is -1.68. The van der Waals surface area contributed by atoms with Crippen molar-refractivity contribution in [3.05, 3.63) is 36.5 Å². The molecule has 0 aliphatic rings. The van der Waals surface area contributed by atoms with E-state index in [9.17, 15) is 14.7 Å². The number of carbonyl (C=O) groups is 2. The van der Waals surface area contributed by atoms with Crippen LogP contribution in [-0.4, -0.2) is 30.1 Å². The number of allylic oxidation sites excluding steroid dienone is 5. The van der Waals surface area contributed by atoms with Gasteiger partial charge in [-0.3, -0.25) is 9.59 Å². The topological polar surface area (TPSA) is 63.6 Å². The molecule has 0 radical (unpaired) electrons. The Bertz CT molecular complexity index is 408. The van der Waals surface area contributed by atoms with Crippen LogP contribution >= 0.6 is 0 Å². The highest BCUT2D eigenvalue weighted by Gasteiger charge is 2.00. The van der Waals surface area contributed by atoms with Crippen LogP contribution in [0.15, 0.2) is 36.5 Å². The molecular weight excluding hydrogens is 292 g/mol. The van der Waals surface area contributed by atoms with Gasteiger partial charge in [-0.2, -0.15) is 0 Å². The molecule has 0 unspecified atom stereocenters. The number of carbonyl (C=O) groups excluding carboxylic acids is 2. The van der Waals surface area contributed by atoms with E-state index in [1.54, 1.807) is 36.5 Å². The second-order valence-electron chi connectivity index (χ2n) is 5.40. The van der Waals surface area contributed by atoms with Gasteiger partial charge in [0.1, 0.15) is 0 Å². The first-order valence-corrected chi connectivity index (χ1v) is 8.39. The Morgan fingerprint density at radius 3 is 2.35 bits per heavy atom. The summed E-state index contributed by atoms with van der Waals surface area (Å²) in [7, 11) is 1.41. The first kappa shape index (κ1) is 21.3. The normalized spacial score (nSPS) is 13.2. The number of ether oxygens (including phenoxy) is 1. The second-order valence-corrected chi connectivity index (χ2v) is 5.40. The van der Waals surface area contributed by atoms with Gasteiger partial charge in [0.2, 0.25) is 0 Å². The van der Waals surface area contributed by atoms with E-state index in [1.807, 2.05) is 6.92 Å². The molecular formula is C19H30O4. The molecule has 0 aromatic carbocycles. The maximum Gasteiger partial charge on any atom is 0.305 e. The summed E-state index contributed by atoms with van der Waals surface area (Å²) in [6.45, 7) is 1.83. The molecule has 0 bridgehead atoms. The zero-order chi connectivity index (χ0) is 17.3. The van der Waals surface area contributed by atoms with Crippen LogP contribution in [0.25, 0.3) is 0 Å². The van der Waals surface area contributed by atoms with E-state index in [2.05, 4.69) is 4.74 Å². The van der Waals surface area contributed by atoms with Gasteiger partial charge in [-0.25, -0.2) is 0 Å². The largest absolute Gasteiger partial charge is 0.469 e. The third kappa shape index (κ3) is 15.0. The van der Waals surface area contributed by atoms with E-state index < -0.39 is 6.10 Å². The zero-order valence-corrected chi connectivity index (χ0v) is 14.4. The van der Waals surface area contributed by atoms with Crippen LogP contribution in [0.1, 0.15) is 58.3 Å². The smallest absolute Gasteiger partial charge is 0.305 e. The Labute approximate surface area is 139 Å². The molecule has 0 saturated heterocycles. The summed E-state index contributed by atoms with van der Waals surface area (Å²) < 4.78 is 4.58. The third-order valence-corrected chi connectivity index (χ3v) is 3.41. The molecule has 0 saturated carbocycles. The van der Waals surface area contributed by atoms with Crippen molar-refractivity contribution in [3.63, 3.8) is 0 Å². The molecule has 0 aliphatic carbocycles. The SMILES string of the molecule is CCC(=O)/C=C/C=C/C=C/[C@@H](O)CCCCCCCC(=O)OC. The van der Waals surface area contributed by atoms with Crippen molar-refractivity contribution in [2.45, 2.75) is 64.4 Å². The summed E-state index contributed by atoms with van der Waals surface area (Å²) >= 11 is 0. The van der Waals surface area contributed by atoms with Gasteiger partial charge in [-0.05, 0) is 18.9 Å². The maximum absolute atomic E-state index is 11.0. The first-order chi connectivity index (χ1) is 11.1. The van der Waals surface area contributed by atoms with Gasteiger partial charge in [0.25, 0.3) is 0 Å². The van der Waals surface area contributed by atoms with Crippen molar-refractivity contribution in [2.24, 2.45) is 0 Å². The highest BCUT2D eigenvalue weighted by Crippen LogP contribution is 2.09. The Morgan fingerprint density at radius 2 is 1.65 bits per heavy atom. The molecule has 0 spiro atoms. The van der Waals surface area contributed by atoms with E-state index in [4.69, 9.17) is 0 Å². The number of rotatable bonds is 13. The predicted octanol–water partition coefficient (Wildman–Crippen LogP) is 3.90. The predicted molar refractivity (Wildman–Crippen MR) is 93.1 cm³/mol. The second kappa shape index (κ2) is 15.2. The lowest BCUT2D eigenvalue weighted by Gasteiger charge is -2.05. The van der Waals surface area contributed by atoms with Gasteiger partial charge in [-0.15, -0.1) is 0 Å². The van der Waals surface area contributed by atoms with Gasteiger partial charge in [0, 0.05) is 12.8 Å². The van der Waals surface area contributed by atoms with Gasteiger partial charge >= 0.3 is 5.97 Å². The first-order valence-electron chi connectivity index (χ1n) is 8.39. The Kier molecular flexibility index (Phi) is 14.1. The van der Waals surface area contributed by atoms with E-state index in [-0.39, 0.29) is 11.8 Å². The number of esters is 1. The monoisotopic (exact) mass is 322 g/mol. The minimum absolute atomic E-state index is 0.102. The number of aliphatic hydroxyl groups excluding tert-OH is 1. The molecule has 130 valence electrons. The number of unbranched alkanes of at least 4 members (excludes halogenated alkanes) is 4. The van der Waals surface area contributed by atoms with E-state index in [0.29, 0.717) is 12.8 Å². The fourth-order valence-electron chi connectivity index (χ4n) is 1.95. The van der Waals surface area contributed by atoms with E-state index >= 15 is 0 Å². The third-order valence-electron chi connectivity index (χ3n) is 3.41. The van der Waals surface area contributed by atoms with Crippen LogP contribution in [-0.2, 0) is 14.3 Å². The maximum atomic E-state index is 11.0. The fraction of sp³-hybridized carbons (Fsp3) is 0.579. The standard InChI is InChI=1S/C19H30O4/c1-3-17(20)13-9-7-8-11-15-18(21)14-10-5-4-6-12-16-19(22)23-2/h7-9,11,13,15,18,21H,3-6,10,12,14,16H2,1-2H3/b8-7+,13-9+,15-11+/t18-/m0/s1. The highest BCUT2D eigenvalue weighted by molar-refractivity contribution is 5.89. The summed E-state index contributed by atoms with van der Waals surface area (Å²) in [6, 6.07) is 0. The Morgan fingerprint density at radius 1 is 1.00 bits per heavy atom. The molecule has 4 heteroatoms. The lowest BCUT2D eigenvalue weighted by Crippen LogP contribution is -2.01. The van der Waals surface area contributed by atoms with Gasteiger partial charge in [0.15, 0.2) is 5.78 Å². The van der Waals surface area contributed by atoms with Crippen LogP contribution in [0, 0.1) is 0 Å². The fourth-order valence-corrected chi connectivity index (χ4v) is 1.95. The van der Waals surface area contributed by atoms with Crippen LogP contribution in [0.5, 0.6) is 0 Å². The molecule has 0 aromatic rings. The van der Waals surface area contributed by atoms with Gasteiger partial charge in [0.05, 0.1) is 13.2 Å². The van der Waals surface area contributed by atoms with Crippen LogP contribution < -0.4 is 0 Å². The van der Waals surface area contributed by atoms with Gasteiger partial charge < -0.3 is 9.84 Å². The number of hydrogen-bond acceptors (Lipinski definition) is 4. The lowest BCUT2D eigenvalue weighted by atomic mass is 10.1. The molecule has 23 heavy (non-hydrogen) atoms. The molecule has 0 aromatic heterocycles. The molecule has 0 aliphatic heterocycles. The molecule has 4 nitrogen and oxygen atoms in total. The molecule has 0 amide bonds. The number of ketones is 1. The van der Waals surface area contributed by atoms with Crippen LogP contribution in [0.2, 0.25) is 0 Å². The minimum atomic E-state index is -0.434. The Balaban J connectivity index is 3.59. The summed E-state index contributed by atoms with van der Waals surface area (Å²) in [5.74, 6) is -0.0437. The van der Waals surface area contributed by atoms with Gasteiger partial charge in [-0.1, -0.05) is 63.0 Å². The number of aliphatic hydroxyl groups is 1. The number of methoxy groups -OCH3 is 1. The van der Waals surface area contributed by atoms with Crippen molar-refractivity contribution < 1.29 is 19.4 Å². The number of hydrogen-bond donors (Lipinski definition) is 1. The molecule has 0 rings (SSSR count). The average Bonchev–Trinajstić information content (AvgIpc) is 2.56. The van der Waals surface area contributed by atoms with Crippen molar-refractivity contribution in [1.29, 1.82) is 0 Å². The molecule has 1 N–H and O–H groups in total. The van der Waals surface area contributed by atoms with Crippen molar-refractivity contribution in [3.8, 4) is 0 Å². The average molecular weight is 322 g/mol. The summed E-state index contributed by atoms with van der Waals surface area (Å²) in [5, 5.41) is 9.79. The van der Waals surface area contributed by atoms with E-state index in [1.165, 1.54) is 7.11 Å². The van der Waals surface area contributed by atoms with Crippen LogP contribution in [0.3, 0.4) is 0 Å². The summed E-state index contributed by atoms with van der Waals surface area (Å²) in [6.07, 6.45) is 16.7. The highest BCUT2D eigenvalue weighted by atomic mass is 16.5. The van der Waals surface area contributed by atoms with Crippen LogP contribution in [0.4, 0.5) is 0 Å². The molecule has 0 heterocycles. The minimum Gasteiger partial charge on any atom is -0.469 e. The summed E-state index contributed by atoms with van der Waals surface area (Å²) in [5.41, 5.74) is 0. The quantitative estimate of drug-likeness (QED) is 0.242. The molecule has 0 fully saturated rings.